The molecule has 1 atom stereocenters. The zero-order chi connectivity index (χ0) is 21.0. The van der Waals surface area contributed by atoms with Crippen LogP contribution in [0, 0.1) is 13.8 Å². The van der Waals surface area contributed by atoms with E-state index in [4.69, 9.17) is 4.74 Å². The Morgan fingerprint density at radius 3 is 2.59 bits per heavy atom. The molecule has 1 unspecified atom stereocenters. The number of H-pyrrole nitrogens is 1. The number of aromatic nitrogens is 4. The minimum absolute atomic E-state index is 0.192. The van der Waals surface area contributed by atoms with Gasteiger partial charge >= 0.3 is 5.97 Å². The average Bonchev–Trinajstić information content (AvgIpc) is 3.29. The number of nitrogens with one attached hydrogen (secondary N) is 2. The molecule has 3 aromatic rings. The van der Waals surface area contributed by atoms with Crippen LogP contribution >= 0.6 is 0 Å². The van der Waals surface area contributed by atoms with Gasteiger partial charge in [0.15, 0.2) is 6.10 Å². The molecule has 0 fully saturated rings. The van der Waals surface area contributed by atoms with Crippen molar-refractivity contribution in [3.63, 3.8) is 0 Å². The van der Waals surface area contributed by atoms with E-state index in [-0.39, 0.29) is 11.6 Å². The molecule has 2 aromatic heterocycles. The van der Waals surface area contributed by atoms with Gasteiger partial charge in [0, 0.05) is 24.8 Å². The molecular formula is C21H25N5O3. The number of benzene rings is 1. The molecule has 0 spiro atoms. The Bertz CT molecular complexity index is 1010. The van der Waals surface area contributed by atoms with Crippen LogP contribution in [0.15, 0.2) is 36.4 Å². The van der Waals surface area contributed by atoms with Gasteiger partial charge in [-0.05, 0) is 31.9 Å². The van der Waals surface area contributed by atoms with Crippen LogP contribution in [0.3, 0.4) is 0 Å². The van der Waals surface area contributed by atoms with Crippen LogP contribution in [0.2, 0.25) is 0 Å². The molecule has 0 bridgehead atoms. The molecule has 1 amide bonds. The van der Waals surface area contributed by atoms with Crippen LogP contribution in [0.25, 0.3) is 11.3 Å². The summed E-state index contributed by atoms with van der Waals surface area (Å²) < 4.78 is 7.17. The van der Waals surface area contributed by atoms with E-state index in [0.29, 0.717) is 18.7 Å². The molecule has 152 valence electrons. The predicted octanol–water partition coefficient (Wildman–Crippen LogP) is 2.68. The summed E-state index contributed by atoms with van der Waals surface area (Å²) in [6.45, 7) is 5.99. The third kappa shape index (κ3) is 4.53. The summed E-state index contributed by atoms with van der Waals surface area (Å²) in [6.07, 6.45) is -0.506. The molecule has 3 rings (SSSR count). The van der Waals surface area contributed by atoms with Crippen LogP contribution in [0.5, 0.6) is 0 Å². The van der Waals surface area contributed by atoms with E-state index in [1.165, 1.54) is 0 Å². The van der Waals surface area contributed by atoms with Gasteiger partial charge in [-0.15, -0.1) is 0 Å². The summed E-state index contributed by atoms with van der Waals surface area (Å²) in [5.41, 5.74) is 4.42. The van der Waals surface area contributed by atoms with E-state index in [0.717, 1.165) is 22.5 Å². The zero-order valence-electron chi connectivity index (χ0n) is 17.0. The predicted molar refractivity (Wildman–Crippen MR) is 108 cm³/mol. The third-order valence-electron chi connectivity index (χ3n) is 4.79. The first-order valence-corrected chi connectivity index (χ1v) is 9.49. The maximum Gasteiger partial charge on any atom is 0.357 e. The summed E-state index contributed by atoms with van der Waals surface area (Å²) in [5, 5.41) is 14.1. The lowest BCUT2D eigenvalue weighted by molar-refractivity contribution is -0.130. The van der Waals surface area contributed by atoms with Gasteiger partial charge in [0.1, 0.15) is 5.69 Å². The molecule has 8 nitrogen and oxygen atoms in total. The minimum Gasteiger partial charge on any atom is -0.448 e. The van der Waals surface area contributed by atoms with Crippen molar-refractivity contribution >= 4 is 11.9 Å². The van der Waals surface area contributed by atoms with Crippen molar-refractivity contribution in [3.8, 4) is 11.3 Å². The van der Waals surface area contributed by atoms with Crippen LogP contribution < -0.4 is 5.32 Å². The number of amides is 1. The molecule has 0 aliphatic rings. The second kappa shape index (κ2) is 8.72. The third-order valence-corrected chi connectivity index (χ3v) is 4.79. The van der Waals surface area contributed by atoms with Gasteiger partial charge in [0.25, 0.3) is 5.91 Å². The smallest absolute Gasteiger partial charge is 0.357 e. The Balaban J connectivity index is 1.65. The number of carbonyl (C=O) groups is 2. The van der Waals surface area contributed by atoms with Crippen molar-refractivity contribution in [2.75, 3.05) is 0 Å². The Morgan fingerprint density at radius 2 is 1.97 bits per heavy atom. The van der Waals surface area contributed by atoms with E-state index in [1.807, 2.05) is 51.2 Å². The molecule has 2 N–H and O–H groups in total. The molecule has 29 heavy (non-hydrogen) atoms. The highest BCUT2D eigenvalue weighted by Gasteiger charge is 2.24. The van der Waals surface area contributed by atoms with E-state index in [2.05, 4.69) is 20.6 Å². The second-order valence-electron chi connectivity index (χ2n) is 6.84. The summed E-state index contributed by atoms with van der Waals surface area (Å²) in [5.74, 6) is -0.951. The molecule has 0 saturated carbocycles. The van der Waals surface area contributed by atoms with Gasteiger partial charge < -0.3 is 10.1 Å². The summed E-state index contributed by atoms with van der Waals surface area (Å²) in [6, 6.07) is 11.2. The number of esters is 1. The van der Waals surface area contributed by atoms with Crippen LogP contribution in [-0.4, -0.2) is 38.0 Å². The molecular weight excluding hydrogens is 370 g/mol. The number of ether oxygens (including phenoxy) is 1. The van der Waals surface area contributed by atoms with E-state index in [1.54, 1.807) is 17.7 Å². The summed E-state index contributed by atoms with van der Waals surface area (Å²) in [7, 11) is 1.85. The number of aromatic amines is 1. The number of hydrogen-bond acceptors (Lipinski definition) is 5. The summed E-state index contributed by atoms with van der Waals surface area (Å²) in [4.78, 5) is 24.9. The van der Waals surface area contributed by atoms with E-state index < -0.39 is 12.1 Å². The Morgan fingerprint density at radius 1 is 1.24 bits per heavy atom. The normalized spacial score (nSPS) is 11.9. The highest BCUT2D eigenvalue weighted by molar-refractivity contribution is 5.91. The van der Waals surface area contributed by atoms with Gasteiger partial charge in [-0.25, -0.2) is 4.79 Å². The lowest BCUT2D eigenvalue weighted by Gasteiger charge is -2.15. The van der Waals surface area contributed by atoms with Gasteiger partial charge in [0.05, 0.1) is 11.4 Å². The van der Waals surface area contributed by atoms with Crippen molar-refractivity contribution in [3.05, 3.63) is 59.0 Å². The fourth-order valence-electron chi connectivity index (χ4n) is 3.11. The molecule has 0 aliphatic carbocycles. The molecule has 0 saturated heterocycles. The van der Waals surface area contributed by atoms with Crippen molar-refractivity contribution in [1.82, 2.24) is 25.3 Å². The van der Waals surface area contributed by atoms with Gasteiger partial charge in [-0.3, -0.25) is 14.6 Å². The van der Waals surface area contributed by atoms with Crippen molar-refractivity contribution < 1.29 is 14.3 Å². The highest BCUT2D eigenvalue weighted by Crippen LogP contribution is 2.25. The Hall–Kier alpha value is -3.42. The second-order valence-corrected chi connectivity index (χ2v) is 6.84. The number of aryl methyl sites for hydroxylation is 2. The fraction of sp³-hybridized carbons (Fsp3) is 0.333. The average molecular weight is 395 g/mol. The highest BCUT2D eigenvalue weighted by atomic mass is 16.5. The van der Waals surface area contributed by atoms with Crippen molar-refractivity contribution in [1.29, 1.82) is 0 Å². The Kier molecular flexibility index (Phi) is 6.11. The topological polar surface area (TPSA) is 102 Å². The van der Waals surface area contributed by atoms with Gasteiger partial charge in [-0.1, -0.05) is 37.3 Å². The first-order valence-electron chi connectivity index (χ1n) is 9.49. The SMILES string of the molecule is CCC(OC(=O)c1cc(-c2c(C)nn(C)c2C)n[nH]1)C(=O)NCc1ccccc1. The van der Waals surface area contributed by atoms with Gasteiger partial charge in [-0.2, -0.15) is 10.2 Å². The standard InChI is InChI=1S/C21H25N5O3/c1-5-18(20(27)22-12-15-9-7-6-8-10-15)29-21(28)17-11-16(23-24-17)19-13(2)25-26(4)14(19)3/h6-11,18H,5,12H2,1-4H3,(H,22,27)(H,23,24). The van der Waals surface area contributed by atoms with Gasteiger partial charge in [0.2, 0.25) is 0 Å². The lowest BCUT2D eigenvalue weighted by Crippen LogP contribution is -2.37. The quantitative estimate of drug-likeness (QED) is 0.599. The van der Waals surface area contributed by atoms with E-state index in [9.17, 15) is 9.59 Å². The first-order chi connectivity index (χ1) is 13.9. The number of nitrogens with zero attached hydrogens (tertiary/aromatic N) is 3. The molecule has 0 radical (unpaired) electrons. The molecule has 8 heteroatoms. The van der Waals surface area contributed by atoms with Crippen molar-refractivity contribution in [2.24, 2.45) is 7.05 Å². The van der Waals surface area contributed by atoms with E-state index >= 15 is 0 Å². The van der Waals surface area contributed by atoms with Crippen LogP contribution in [-0.2, 0) is 23.1 Å². The zero-order valence-corrected chi connectivity index (χ0v) is 17.0. The number of carbonyl (C=O) groups excluding carboxylic acids is 2. The monoisotopic (exact) mass is 395 g/mol. The van der Waals surface area contributed by atoms with Crippen LogP contribution in [0.4, 0.5) is 0 Å². The fourth-order valence-corrected chi connectivity index (χ4v) is 3.11. The Labute approximate surface area is 169 Å². The van der Waals surface area contributed by atoms with Crippen molar-refractivity contribution in [2.45, 2.75) is 39.8 Å². The summed E-state index contributed by atoms with van der Waals surface area (Å²) >= 11 is 0. The number of hydrogen-bond donors (Lipinski definition) is 2. The first kappa shape index (κ1) is 20.3. The molecule has 2 heterocycles. The lowest BCUT2D eigenvalue weighted by atomic mass is 10.1. The largest absolute Gasteiger partial charge is 0.448 e. The maximum absolute atomic E-state index is 12.5. The molecule has 0 aliphatic heterocycles. The van der Waals surface area contributed by atoms with Crippen LogP contribution in [0.1, 0.15) is 40.8 Å². The maximum atomic E-state index is 12.5. The minimum atomic E-state index is -0.875. The number of rotatable bonds is 7. The molecule has 1 aromatic carbocycles.